The molecule has 2 aromatic rings. The summed E-state index contributed by atoms with van der Waals surface area (Å²) in [6, 6.07) is 1.58. The van der Waals surface area contributed by atoms with Crippen LogP contribution in [0.15, 0.2) is 12.3 Å². The van der Waals surface area contributed by atoms with E-state index in [1.54, 1.807) is 13.1 Å². The monoisotopic (exact) mass is 178 g/mol. The SMILES string of the molecule is Cn1nc(C(=O)O)c2ccnnc21. The van der Waals surface area contributed by atoms with Crippen LogP contribution < -0.4 is 0 Å². The van der Waals surface area contributed by atoms with Gasteiger partial charge in [-0.3, -0.25) is 0 Å². The molecule has 0 spiro atoms. The van der Waals surface area contributed by atoms with Gasteiger partial charge in [-0.1, -0.05) is 0 Å². The first-order valence-electron chi connectivity index (χ1n) is 3.58. The fraction of sp³-hybridized carbons (Fsp3) is 0.143. The smallest absolute Gasteiger partial charge is 0.357 e. The normalized spacial score (nSPS) is 10.5. The Morgan fingerprint density at radius 3 is 3.08 bits per heavy atom. The van der Waals surface area contributed by atoms with Crippen LogP contribution in [0, 0.1) is 0 Å². The molecule has 6 nitrogen and oxygen atoms in total. The summed E-state index contributed by atoms with van der Waals surface area (Å²) in [6.07, 6.45) is 1.44. The highest BCUT2D eigenvalue weighted by Crippen LogP contribution is 2.13. The van der Waals surface area contributed by atoms with E-state index in [2.05, 4.69) is 15.3 Å². The van der Waals surface area contributed by atoms with Gasteiger partial charge in [0.1, 0.15) is 0 Å². The van der Waals surface area contributed by atoms with Crippen molar-refractivity contribution in [3.8, 4) is 0 Å². The Bertz CT molecular complexity index is 476. The van der Waals surface area contributed by atoms with Gasteiger partial charge >= 0.3 is 5.97 Å². The molecule has 0 atom stereocenters. The summed E-state index contributed by atoms with van der Waals surface area (Å²) in [5, 5.41) is 20.5. The van der Waals surface area contributed by atoms with Crippen molar-refractivity contribution in [2.75, 3.05) is 0 Å². The van der Waals surface area contributed by atoms with Gasteiger partial charge in [0.05, 0.1) is 11.6 Å². The zero-order chi connectivity index (χ0) is 9.42. The molecule has 0 aliphatic rings. The van der Waals surface area contributed by atoms with Gasteiger partial charge < -0.3 is 5.11 Å². The Balaban J connectivity index is 2.85. The van der Waals surface area contributed by atoms with E-state index in [9.17, 15) is 4.79 Å². The lowest BCUT2D eigenvalue weighted by molar-refractivity contribution is 0.0691. The number of aromatic nitrogens is 4. The molecular weight excluding hydrogens is 172 g/mol. The third-order valence-electron chi connectivity index (χ3n) is 1.72. The average Bonchev–Trinajstić information content (AvgIpc) is 2.45. The summed E-state index contributed by atoms with van der Waals surface area (Å²) in [4.78, 5) is 10.7. The molecule has 2 heterocycles. The predicted octanol–water partition coefficient (Wildman–Crippen LogP) is 0.0615. The van der Waals surface area contributed by atoms with Gasteiger partial charge in [-0.2, -0.15) is 10.2 Å². The van der Waals surface area contributed by atoms with Crippen LogP contribution in [0.25, 0.3) is 11.0 Å². The number of carboxylic acid groups (broad SMARTS) is 1. The van der Waals surface area contributed by atoms with Crippen LogP contribution in [0.3, 0.4) is 0 Å². The van der Waals surface area contributed by atoms with Crippen LogP contribution in [0.5, 0.6) is 0 Å². The Labute approximate surface area is 72.8 Å². The van der Waals surface area contributed by atoms with Crippen molar-refractivity contribution in [2.45, 2.75) is 0 Å². The zero-order valence-corrected chi connectivity index (χ0v) is 6.80. The Hall–Kier alpha value is -1.98. The molecule has 0 aliphatic carbocycles. The van der Waals surface area contributed by atoms with Crippen LogP contribution in [0.1, 0.15) is 10.5 Å². The van der Waals surface area contributed by atoms with E-state index < -0.39 is 5.97 Å². The molecule has 0 fully saturated rings. The van der Waals surface area contributed by atoms with Gasteiger partial charge in [0.25, 0.3) is 0 Å². The third kappa shape index (κ3) is 1.03. The summed E-state index contributed by atoms with van der Waals surface area (Å²) < 4.78 is 1.39. The number of fused-ring (bicyclic) bond motifs is 1. The Morgan fingerprint density at radius 1 is 1.62 bits per heavy atom. The first kappa shape index (κ1) is 7.66. The molecule has 0 saturated heterocycles. The van der Waals surface area contributed by atoms with Crippen molar-refractivity contribution < 1.29 is 9.90 Å². The average molecular weight is 178 g/mol. The predicted molar refractivity (Wildman–Crippen MR) is 43.3 cm³/mol. The second-order valence-corrected chi connectivity index (χ2v) is 2.55. The van der Waals surface area contributed by atoms with Gasteiger partial charge in [0, 0.05) is 7.05 Å². The minimum absolute atomic E-state index is 0.00685. The lowest BCUT2D eigenvalue weighted by Gasteiger charge is -1.87. The van der Waals surface area contributed by atoms with Crippen LogP contribution in [0.4, 0.5) is 0 Å². The number of aromatic carboxylic acids is 1. The molecule has 2 aromatic heterocycles. The molecule has 66 valence electrons. The lowest BCUT2D eigenvalue weighted by atomic mass is 10.3. The number of rotatable bonds is 1. The van der Waals surface area contributed by atoms with Crippen molar-refractivity contribution >= 4 is 17.0 Å². The fourth-order valence-electron chi connectivity index (χ4n) is 1.16. The maximum absolute atomic E-state index is 10.7. The summed E-state index contributed by atoms with van der Waals surface area (Å²) in [6.45, 7) is 0. The molecule has 0 bridgehead atoms. The van der Waals surface area contributed by atoms with E-state index in [0.29, 0.717) is 11.0 Å². The van der Waals surface area contributed by atoms with E-state index in [4.69, 9.17) is 5.11 Å². The van der Waals surface area contributed by atoms with E-state index in [1.165, 1.54) is 10.9 Å². The zero-order valence-electron chi connectivity index (χ0n) is 6.80. The van der Waals surface area contributed by atoms with Crippen molar-refractivity contribution in [3.63, 3.8) is 0 Å². The molecule has 1 N–H and O–H groups in total. The van der Waals surface area contributed by atoms with Gasteiger partial charge in [-0.15, -0.1) is 5.10 Å². The van der Waals surface area contributed by atoms with Crippen LogP contribution in [-0.2, 0) is 7.05 Å². The minimum Gasteiger partial charge on any atom is -0.476 e. The van der Waals surface area contributed by atoms with Crippen molar-refractivity contribution in [1.29, 1.82) is 0 Å². The van der Waals surface area contributed by atoms with Gasteiger partial charge in [0.15, 0.2) is 11.3 Å². The minimum atomic E-state index is -1.06. The number of hydrogen-bond acceptors (Lipinski definition) is 4. The molecule has 13 heavy (non-hydrogen) atoms. The first-order valence-corrected chi connectivity index (χ1v) is 3.58. The molecule has 0 radical (unpaired) electrons. The highest BCUT2D eigenvalue weighted by atomic mass is 16.4. The molecule has 0 saturated carbocycles. The summed E-state index contributed by atoms with van der Waals surface area (Å²) >= 11 is 0. The molecule has 0 aromatic carbocycles. The van der Waals surface area contributed by atoms with Gasteiger partial charge in [-0.25, -0.2) is 9.48 Å². The van der Waals surface area contributed by atoms with Crippen molar-refractivity contribution in [1.82, 2.24) is 20.0 Å². The standard InChI is InChI=1S/C7H6N4O2/c1-11-6-4(2-3-8-9-6)5(10-11)7(12)13/h2-3H,1H3,(H,12,13). The largest absolute Gasteiger partial charge is 0.476 e. The van der Waals surface area contributed by atoms with Crippen molar-refractivity contribution in [3.05, 3.63) is 18.0 Å². The summed E-state index contributed by atoms with van der Waals surface area (Å²) in [7, 11) is 1.63. The number of nitrogens with zero attached hydrogens (tertiary/aromatic N) is 4. The van der Waals surface area contributed by atoms with Crippen LogP contribution >= 0.6 is 0 Å². The molecule has 0 amide bonds. The fourth-order valence-corrected chi connectivity index (χ4v) is 1.16. The number of aryl methyl sites for hydroxylation is 1. The molecular formula is C7H6N4O2. The van der Waals surface area contributed by atoms with Gasteiger partial charge in [0.2, 0.25) is 0 Å². The highest BCUT2D eigenvalue weighted by Gasteiger charge is 2.14. The van der Waals surface area contributed by atoms with E-state index >= 15 is 0 Å². The second kappa shape index (κ2) is 2.51. The molecule has 0 unspecified atom stereocenters. The molecule has 2 rings (SSSR count). The highest BCUT2D eigenvalue weighted by molar-refractivity contribution is 5.99. The molecule has 6 heteroatoms. The van der Waals surface area contributed by atoms with Gasteiger partial charge in [-0.05, 0) is 6.07 Å². The lowest BCUT2D eigenvalue weighted by Crippen LogP contribution is -1.99. The summed E-state index contributed by atoms with van der Waals surface area (Å²) in [5.41, 5.74) is 0.479. The Kier molecular flexibility index (Phi) is 1.48. The van der Waals surface area contributed by atoms with Crippen molar-refractivity contribution in [2.24, 2.45) is 7.05 Å². The van der Waals surface area contributed by atoms with Crippen LogP contribution in [0.2, 0.25) is 0 Å². The van der Waals surface area contributed by atoms with E-state index in [0.717, 1.165) is 0 Å². The maximum atomic E-state index is 10.7. The first-order chi connectivity index (χ1) is 6.20. The number of carboxylic acids is 1. The molecule has 0 aliphatic heterocycles. The topological polar surface area (TPSA) is 80.9 Å². The van der Waals surface area contributed by atoms with E-state index in [1.807, 2.05) is 0 Å². The van der Waals surface area contributed by atoms with Crippen LogP contribution in [-0.4, -0.2) is 31.1 Å². The second-order valence-electron chi connectivity index (χ2n) is 2.55. The number of hydrogen-bond donors (Lipinski definition) is 1. The maximum Gasteiger partial charge on any atom is 0.357 e. The quantitative estimate of drug-likeness (QED) is 0.667. The summed E-state index contributed by atoms with van der Waals surface area (Å²) in [5.74, 6) is -1.06. The van der Waals surface area contributed by atoms with E-state index in [-0.39, 0.29) is 5.69 Å². The third-order valence-corrected chi connectivity index (χ3v) is 1.72. The Morgan fingerprint density at radius 2 is 2.38 bits per heavy atom. The number of carbonyl (C=O) groups is 1.